The maximum Gasteiger partial charge on any atom is 0.0581 e. The molecule has 1 atom stereocenters. The van der Waals surface area contributed by atoms with Gasteiger partial charge in [0.25, 0.3) is 0 Å². The van der Waals surface area contributed by atoms with Crippen LogP contribution in [0.25, 0.3) is 0 Å². The van der Waals surface area contributed by atoms with Crippen LogP contribution in [0.15, 0.2) is 0 Å². The molecule has 1 aliphatic rings. The first-order chi connectivity index (χ1) is 6.16. The normalized spacial score (nSPS) is 24.2. The SMILES string of the molecule is CC(CO)NCC1(C)CCOCC1. The van der Waals surface area contributed by atoms with Crippen molar-refractivity contribution in [3.63, 3.8) is 0 Å². The van der Waals surface area contributed by atoms with Gasteiger partial charge in [0.2, 0.25) is 0 Å². The molecule has 0 bridgehead atoms. The molecule has 0 amide bonds. The summed E-state index contributed by atoms with van der Waals surface area (Å²) in [6, 6.07) is 0.208. The smallest absolute Gasteiger partial charge is 0.0581 e. The van der Waals surface area contributed by atoms with E-state index in [0.29, 0.717) is 5.41 Å². The number of hydrogen-bond donors (Lipinski definition) is 2. The highest BCUT2D eigenvalue weighted by atomic mass is 16.5. The van der Waals surface area contributed by atoms with E-state index in [9.17, 15) is 0 Å². The maximum absolute atomic E-state index is 8.86. The second-order valence-electron chi connectivity index (χ2n) is 4.39. The topological polar surface area (TPSA) is 41.5 Å². The lowest BCUT2D eigenvalue weighted by Gasteiger charge is -2.34. The largest absolute Gasteiger partial charge is 0.395 e. The molecule has 0 aromatic rings. The van der Waals surface area contributed by atoms with E-state index in [1.54, 1.807) is 0 Å². The van der Waals surface area contributed by atoms with Gasteiger partial charge in [0.15, 0.2) is 0 Å². The Balaban J connectivity index is 2.24. The van der Waals surface area contributed by atoms with Crippen LogP contribution < -0.4 is 5.32 Å². The first-order valence-corrected chi connectivity index (χ1v) is 5.08. The van der Waals surface area contributed by atoms with Crippen LogP contribution in [-0.2, 0) is 4.74 Å². The summed E-state index contributed by atoms with van der Waals surface area (Å²) in [4.78, 5) is 0. The van der Waals surface area contributed by atoms with E-state index in [0.717, 1.165) is 32.6 Å². The van der Waals surface area contributed by atoms with E-state index >= 15 is 0 Å². The van der Waals surface area contributed by atoms with Crippen molar-refractivity contribution in [2.45, 2.75) is 32.7 Å². The van der Waals surface area contributed by atoms with E-state index in [1.165, 1.54) is 0 Å². The Morgan fingerprint density at radius 1 is 1.46 bits per heavy atom. The summed E-state index contributed by atoms with van der Waals surface area (Å²) in [6.45, 7) is 7.25. The summed E-state index contributed by atoms with van der Waals surface area (Å²) in [5.74, 6) is 0. The highest BCUT2D eigenvalue weighted by molar-refractivity contribution is 4.80. The second-order valence-corrected chi connectivity index (χ2v) is 4.39. The molecule has 0 aliphatic carbocycles. The molecule has 1 aliphatic heterocycles. The molecule has 0 aromatic carbocycles. The van der Waals surface area contributed by atoms with Crippen LogP contribution in [0.5, 0.6) is 0 Å². The van der Waals surface area contributed by atoms with Gasteiger partial charge in [-0.05, 0) is 25.2 Å². The molecule has 3 nitrogen and oxygen atoms in total. The van der Waals surface area contributed by atoms with Crippen molar-refractivity contribution >= 4 is 0 Å². The van der Waals surface area contributed by atoms with Crippen molar-refractivity contribution in [2.75, 3.05) is 26.4 Å². The lowest BCUT2D eigenvalue weighted by atomic mass is 9.82. The van der Waals surface area contributed by atoms with Crippen LogP contribution in [0.3, 0.4) is 0 Å². The van der Waals surface area contributed by atoms with Gasteiger partial charge < -0.3 is 15.2 Å². The van der Waals surface area contributed by atoms with Gasteiger partial charge in [-0.25, -0.2) is 0 Å². The van der Waals surface area contributed by atoms with E-state index < -0.39 is 0 Å². The van der Waals surface area contributed by atoms with Crippen LogP contribution in [0.4, 0.5) is 0 Å². The average molecular weight is 187 g/mol. The van der Waals surface area contributed by atoms with Crippen molar-refractivity contribution in [1.29, 1.82) is 0 Å². The molecular formula is C10H21NO2. The molecule has 1 saturated heterocycles. The van der Waals surface area contributed by atoms with Gasteiger partial charge in [-0.2, -0.15) is 0 Å². The Labute approximate surface area is 80.5 Å². The number of aliphatic hydroxyl groups excluding tert-OH is 1. The molecule has 1 unspecified atom stereocenters. The minimum absolute atomic E-state index is 0.208. The summed E-state index contributed by atoms with van der Waals surface area (Å²) < 4.78 is 5.32. The molecule has 1 fully saturated rings. The number of nitrogens with one attached hydrogen (secondary N) is 1. The number of aliphatic hydroxyl groups is 1. The third-order valence-electron chi connectivity index (χ3n) is 2.85. The van der Waals surface area contributed by atoms with Crippen LogP contribution in [0.2, 0.25) is 0 Å². The molecule has 1 heterocycles. The fourth-order valence-electron chi connectivity index (χ4n) is 1.53. The van der Waals surface area contributed by atoms with Gasteiger partial charge in [-0.15, -0.1) is 0 Å². The Morgan fingerprint density at radius 3 is 2.62 bits per heavy atom. The van der Waals surface area contributed by atoms with Crippen LogP contribution >= 0.6 is 0 Å². The van der Waals surface area contributed by atoms with Crippen LogP contribution in [-0.4, -0.2) is 37.5 Å². The molecule has 0 aromatic heterocycles. The molecule has 0 spiro atoms. The zero-order chi connectivity index (χ0) is 9.73. The molecule has 13 heavy (non-hydrogen) atoms. The van der Waals surface area contributed by atoms with Crippen molar-refractivity contribution in [3.05, 3.63) is 0 Å². The van der Waals surface area contributed by atoms with Gasteiger partial charge in [0.05, 0.1) is 6.61 Å². The molecule has 78 valence electrons. The minimum Gasteiger partial charge on any atom is -0.395 e. The van der Waals surface area contributed by atoms with Gasteiger partial charge in [-0.3, -0.25) is 0 Å². The molecule has 0 radical (unpaired) electrons. The average Bonchev–Trinajstić information content (AvgIpc) is 2.15. The fourth-order valence-corrected chi connectivity index (χ4v) is 1.53. The Kier molecular flexibility index (Phi) is 4.16. The highest BCUT2D eigenvalue weighted by Crippen LogP contribution is 2.28. The zero-order valence-corrected chi connectivity index (χ0v) is 8.68. The summed E-state index contributed by atoms with van der Waals surface area (Å²) in [6.07, 6.45) is 2.25. The zero-order valence-electron chi connectivity index (χ0n) is 8.68. The summed E-state index contributed by atoms with van der Waals surface area (Å²) in [5.41, 5.74) is 0.363. The second kappa shape index (κ2) is 4.94. The third kappa shape index (κ3) is 3.63. The predicted molar refractivity (Wildman–Crippen MR) is 52.7 cm³/mol. The minimum atomic E-state index is 0.208. The van der Waals surface area contributed by atoms with E-state index in [4.69, 9.17) is 9.84 Å². The Hall–Kier alpha value is -0.120. The summed E-state index contributed by atoms with van der Waals surface area (Å²) >= 11 is 0. The standard InChI is InChI=1S/C10H21NO2/c1-9(7-12)11-8-10(2)3-5-13-6-4-10/h9,11-12H,3-8H2,1-2H3. The summed E-state index contributed by atoms with van der Waals surface area (Å²) in [7, 11) is 0. The Bertz CT molecular complexity index is 144. The van der Waals surface area contributed by atoms with Gasteiger partial charge >= 0.3 is 0 Å². The van der Waals surface area contributed by atoms with Crippen molar-refractivity contribution < 1.29 is 9.84 Å². The van der Waals surface area contributed by atoms with E-state index in [1.807, 2.05) is 6.92 Å². The quantitative estimate of drug-likeness (QED) is 0.683. The van der Waals surface area contributed by atoms with Crippen LogP contribution in [0.1, 0.15) is 26.7 Å². The molecule has 2 N–H and O–H groups in total. The monoisotopic (exact) mass is 187 g/mol. The van der Waals surface area contributed by atoms with E-state index in [-0.39, 0.29) is 12.6 Å². The number of ether oxygens (including phenoxy) is 1. The molecule has 1 rings (SSSR count). The molecule has 3 heteroatoms. The van der Waals surface area contributed by atoms with Crippen molar-refractivity contribution in [1.82, 2.24) is 5.32 Å². The number of hydrogen-bond acceptors (Lipinski definition) is 3. The first-order valence-electron chi connectivity index (χ1n) is 5.08. The first kappa shape index (κ1) is 11.0. The Morgan fingerprint density at radius 2 is 2.08 bits per heavy atom. The van der Waals surface area contributed by atoms with Crippen molar-refractivity contribution in [2.24, 2.45) is 5.41 Å². The highest BCUT2D eigenvalue weighted by Gasteiger charge is 2.27. The van der Waals surface area contributed by atoms with Gasteiger partial charge in [0, 0.05) is 25.8 Å². The lowest BCUT2D eigenvalue weighted by molar-refractivity contribution is 0.0222. The molecule has 0 saturated carbocycles. The maximum atomic E-state index is 8.86. The lowest BCUT2D eigenvalue weighted by Crippen LogP contribution is -2.41. The number of rotatable bonds is 4. The van der Waals surface area contributed by atoms with Crippen LogP contribution in [0, 0.1) is 5.41 Å². The molecular weight excluding hydrogens is 166 g/mol. The third-order valence-corrected chi connectivity index (χ3v) is 2.85. The predicted octanol–water partition coefficient (Wildman–Crippen LogP) is 0.773. The van der Waals surface area contributed by atoms with E-state index in [2.05, 4.69) is 12.2 Å². The summed E-state index contributed by atoms with van der Waals surface area (Å²) in [5, 5.41) is 12.2. The van der Waals surface area contributed by atoms with Gasteiger partial charge in [0.1, 0.15) is 0 Å². The van der Waals surface area contributed by atoms with Gasteiger partial charge in [-0.1, -0.05) is 6.92 Å². The van der Waals surface area contributed by atoms with Crippen molar-refractivity contribution in [3.8, 4) is 0 Å². The fraction of sp³-hybridized carbons (Fsp3) is 1.00.